The van der Waals surface area contributed by atoms with E-state index < -0.39 is 6.15 Å². The maximum atomic E-state index is 11.9. The van der Waals surface area contributed by atoms with Crippen LogP contribution in [0.2, 0.25) is 6.32 Å². The maximum absolute atomic E-state index is 11.9. The van der Waals surface area contributed by atoms with E-state index in [-0.39, 0.29) is 5.78 Å². The van der Waals surface area contributed by atoms with Gasteiger partial charge in [-0.3, -0.25) is 4.79 Å². The van der Waals surface area contributed by atoms with E-state index in [4.69, 9.17) is 4.74 Å². The van der Waals surface area contributed by atoms with Crippen molar-refractivity contribution in [2.24, 2.45) is 0 Å². The number of benzene rings is 4. The Balaban J connectivity index is 0.000000194. The average Bonchev–Trinajstić information content (AvgIpc) is 3.04. The van der Waals surface area contributed by atoms with Gasteiger partial charge in [0.1, 0.15) is 5.75 Å². The molecule has 4 heteroatoms. The van der Waals surface area contributed by atoms with Gasteiger partial charge in [-0.1, -0.05) is 141 Å². The number of ketones is 1. The minimum atomic E-state index is -0.913. The third kappa shape index (κ3) is 7.15. The molecule has 0 unspecified atom stereocenters. The molecule has 0 bridgehead atoms. The van der Waals surface area contributed by atoms with Crippen LogP contribution in [0.5, 0.6) is 5.75 Å². The fraction of sp³-hybridized carbons (Fsp3) is 0.167. The van der Waals surface area contributed by atoms with Crippen LogP contribution in [0.4, 0.5) is 0 Å². The van der Waals surface area contributed by atoms with Crippen LogP contribution in [0.1, 0.15) is 30.1 Å². The lowest BCUT2D eigenvalue weighted by atomic mass is 9.14. The summed E-state index contributed by atoms with van der Waals surface area (Å²) in [6.45, 7) is 2.62. The van der Waals surface area contributed by atoms with Crippen LogP contribution in [0.3, 0.4) is 0 Å². The van der Waals surface area contributed by atoms with E-state index in [1.807, 2.05) is 59.4 Å². The molecule has 0 aliphatic rings. The Hall–Kier alpha value is -4.44. The zero-order valence-electron chi connectivity index (χ0n) is 23.5. The van der Waals surface area contributed by atoms with Crippen LogP contribution in [-0.4, -0.2) is 19.0 Å². The number of rotatable bonds is 10. The monoisotopic (exact) mass is 527 g/mol. The lowest BCUT2D eigenvalue weighted by Crippen LogP contribution is -2.66. The molecule has 0 fully saturated rings. The van der Waals surface area contributed by atoms with E-state index in [1.165, 1.54) is 35.6 Å². The number of nitrogens with zero attached hydrogens (tertiary/aromatic N) is 1. The summed E-state index contributed by atoms with van der Waals surface area (Å²) in [4.78, 5) is 11.9. The van der Waals surface area contributed by atoms with Crippen molar-refractivity contribution in [2.75, 3.05) is 7.11 Å². The highest BCUT2D eigenvalue weighted by Crippen LogP contribution is 2.16. The van der Waals surface area contributed by atoms with Crippen molar-refractivity contribution in [1.29, 1.82) is 0 Å². The number of Topliss-reactive ketones (excluding diaryl/α,β-unsaturated/α-hetero) is 1. The Labute approximate surface area is 239 Å². The quantitative estimate of drug-likeness (QED) is 0.130. The summed E-state index contributed by atoms with van der Waals surface area (Å²) in [6.07, 6.45) is 6.39. The van der Waals surface area contributed by atoms with Gasteiger partial charge in [0.25, 0.3) is 0 Å². The van der Waals surface area contributed by atoms with E-state index in [0.29, 0.717) is 6.54 Å². The summed E-state index contributed by atoms with van der Waals surface area (Å²) in [5, 5.41) is 0. The second-order valence-corrected chi connectivity index (χ2v) is 10.1. The number of carbonyl (C=O) groups is 1. The van der Waals surface area contributed by atoms with Gasteiger partial charge >= 0.3 is 0 Å². The molecule has 3 nitrogen and oxygen atoms in total. The Kier molecular flexibility index (Phi) is 10.5. The van der Waals surface area contributed by atoms with Crippen molar-refractivity contribution >= 4 is 28.3 Å². The van der Waals surface area contributed by atoms with Crippen LogP contribution in [0.15, 0.2) is 146 Å². The SMILES string of the molecule is CCCC[B-](c1ccccc1)(c1ccccc1)c1ccccc1.COc1cc[n+](CC(=O)c2ccccc2)cc1. The van der Waals surface area contributed by atoms with Gasteiger partial charge in [0.15, 0.2) is 12.4 Å². The Morgan fingerprint density at radius 1 is 0.650 bits per heavy atom. The molecule has 0 aliphatic heterocycles. The number of aromatic nitrogens is 1. The minimum Gasteiger partial charge on any atom is -0.496 e. The maximum Gasteiger partial charge on any atom is 0.227 e. The Morgan fingerprint density at radius 3 is 1.48 bits per heavy atom. The van der Waals surface area contributed by atoms with Crippen LogP contribution in [-0.2, 0) is 6.54 Å². The zero-order valence-corrected chi connectivity index (χ0v) is 23.5. The van der Waals surface area contributed by atoms with Crippen molar-refractivity contribution in [2.45, 2.75) is 32.6 Å². The van der Waals surface area contributed by atoms with E-state index in [0.717, 1.165) is 11.3 Å². The summed E-state index contributed by atoms with van der Waals surface area (Å²) < 4.78 is 6.89. The zero-order chi connectivity index (χ0) is 28.0. The summed E-state index contributed by atoms with van der Waals surface area (Å²) in [5.41, 5.74) is 5.06. The standard InChI is InChI=1S/C22H24B.C14H14NO2/c1-2-3-19-23(20-13-7-4-8-14-20,21-15-9-5-10-16-21)22-17-11-6-12-18-22;1-17-13-7-9-15(10-8-13)11-14(16)12-5-3-2-4-6-12/h4-18H,2-3,19H2,1H3;2-10H,11H2,1H3/q-1;+1. The first-order valence-corrected chi connectivity index (χ1v) is 14.1. The predicted octanol–water partition coefficient (Wildman–Crippen LogP) is 5.82. The fourth-order valence-corrected chi connectivity index (χ4v) is 5.50. The normalized spacial score (nSPS) is 10.8. The van der Waals surface area contributed by atoms with E-state index in [1.54, 1.807) is 7.11 Å². The second kappa shape index (κ2) is 14.6. The van der Waals surface area contributed by atoms with Crippen LogP contribution < -0.4 is 25.7 Å². The first-order chi connectivity index (χ1) is 19.7. The topological polar surface area (TPSA) is 30.2 Å². The molecule has 4 aromatic carbocycles. The molecule has 40 heavy (non-hydrogen) atoms. The molecule has 0 amide bonds. The minimum absolute atomic E-state index is 0.0979. The molecule has 0 spiro atoms. The van der Waals surface area contributed by atoms with Gasteiger partial charge in [-0.15, -0.1) is 0 Å². The summed E-state index contributed by atoms with van der Waals surface area (Å²) in [6, 6.07) is 46.1. The molecule has 0 atom stereocenters. The number of methoxy groups -OCH3 is 1. The van der Waals surface area contributed by atoms with Gasteiger partial charge in [0.05, 0.1) is 13.3 Å². The highest BCUT2D eigenvalue weighted by molar-refractivity contribution is 7.11. The first-order valence-electron chi connectivity index (χ1n) is 14.1. The summed E-state index contributed by atoms with van der Waals surface area (Å²) in [5.74, 6) is 0.883. The lowest BCUT2D eigenvalue weighted by Gasteiger charge is -2.43. The van der Waals surface area contributed by atoms with Crippen LogP contribution in [0.25, 0.3) is 0 Å². The van der Waals surface area contributed by atoms with Crippen LogP contribution in [0, 0.1) is 0 Å². The molecule has 1 heterocycles. The number of hydrogen-bond acceptors (Lipinski definition) is 2. The van der Waals surface area contributed by atoms with E-state index >= 15 is 0 Å². The van der Waals surface area contributed by atoms with Crippen molar-refractivity contribution in [3.8, 4) is 5.75 Å². The molecule has 0 radical (unpaired) electrons. The molecule has 0 aliphatic carbocycles. The van der Waals surface area contributed by atoms with Crippen molar-refractivity contribution in [3.05, 3.63) is 151 Å². The van der Waals surface area contributed by atoms with Crippen molar-refractivity contribution < 1.29 is 14.1 Å². The molecule has 5 aromatic rings. The van der Waals surface area contributed by atoms with Gasteiger partial charge in [0.2, 0.25) is 12.3 Å². The largest absolute Gasteiger partial charge is 0.496 e. The fourth-order valence-electron chi connectivity index (χ4n) is 5.50. The van der Waals surface area contributed by atoms with Gasteiger partial charge in [-0.25, -0.2) is 0 Å². The van der Waals surface area contributed by atoms with Gasteiger partial charge < -0.3 is 4.74 Å². The Morgan fingerprint density at radius 2 is 1.07 bits per heavy atom. The van der Waals surface area contributed by atoms with Crippen molar-refractivity contribution in [3.63, 3.8) is 0 Å². The highest BCUT2D eigenvalue weighted by Gasteiger charge is 2.28. The number of carbonyl (C=O) groups excluding carboxylic acids is 1. The number of ether oxygens (including phenoxy) is 1. The number of hydrogen-bond donors (Lipinski definition) is 0. The molecular weight excluding hydrogens is 489 g/mol. The van der Waals surface area contributed by atoms with Crippen LogP contribution >= 0.6 is 0 Å². The van der Waals surface area contributed by atoms with E-state index in [9.17, 15) is 4.79 Å². The highest BCUT2D eigenvalue weighted by atomic mass is 16.5. The third-order valence-corrected chi connectivity index (χ3v) is 7.61. The average molecular weight is 528 g/mol. The number of pyridine rings is 1. The number of unbranched alkanes of at least 4 members (excludes halogenated alkanes) is 1. The predicted molar refractivity (Wildman–Crippen MR) is 168 cm³/mol. The smallest absolute Gasteiger partial charge is 0.227 e. The summed E-state index contributed by atoms with van der Waals surface area (Å²) in [7, 11) is 1.62. The summed E-state index contributed by atoms with van der Waals surface area (Å²) >= 11 is 0. The lowest BCUT2D eigenvalue weighted by molar-refractivity contribution is -0.683. The van der Waals surface area contributed by atoms with Crippen molar-refractivity contribution in [1.82, 2.24) is 0 Å². The second-order valence-electron chi connectivity index (χ2n) is 10.1. The molecule has 202 valence electrons. The van der Waals surface area contributed by atoms with Gasteiger partial charge in [-0.2, -0.15) is 27.3 Å². The molecule has 5 rings (SSSR count). The molecule has 0 saturated carbocycles. The molecule has 1 aromatic heterocycles. The van der Waals surface area contributed by atoms with Gasteiger partial charge in [-0.05, 0) is 0 Å². The molecule has 0 saturated heterocycles. The van der Waals surface area contributed by atoms with E-state index in [2.05, 4.69) is 97.9 Å². The van der Waals surface area contributed by atoms with Gasteiger partial charge in [0, 0.05) is 17.7 Å². The first kappa shape index (κ1) is 28.6. The molecular formula is C36H38BNO2. The molecule has 0 N–H and O–H groups in total. The third-order valence-electron chi connectivity index (χ3n) is 7.61. The Bertz CT molecular complexity index is 1330.